The molecule has 0 saturated heterocycles. The third-order valence-electron chi connectivity index (χ3n) is 0. The maximum Gasteiger partial charge on any atom is 1.00 e. The Labute approximate surface area is 64.8 Å². The van der Waals surface area contributed by atoms with Gasteiger partial charge < -0.3 is 16.4 Å². The molecule has 0 heterocycles. The summed E-state index contributed by atoms with van der Waals surface area (Å²) in [5, 5.41) is 0. The van der Waals surface area contributed by atoms with E-state index in [1.54, 1.807) is 0 Å². The van der Waals surface area contributed by atoms with Crippen LogP contribution in [0, 0.1) is 10.2 Å². The zero-order valence-electron chi connectivity index (χ0n) is 4.51. The molecule has 56 valence electrons. The van der Waals surface area contributed by atoms with E-state index in [0.717, 1.165) is 0 Å². The van der Waals surface area contributed by atoms with Crippen molar-refractivity contribution >= 4 is 0 Å². The Morgan fingerprint density at radius 1 is 0.667 bits per heavy atom. The van der Waals surface area contributed by atoms with Gasteiger partial charge in [0.25, 0.3) is 0 Å². The minimum Gasteiger partial charge on any atom is -0.412 e. The predicted molar refractivity (Wildman–Crippen MR) is 10.8 cm³/mol. The van der Waals surface area contributed by atoms with Gasteiger partial charge in [-0.15, -0.1) is 10.2 Å². The van der Waals surface area contributed by atoms with E-state index in [4.69, 9.17) is 18.6 Å². The van der Waals surface area contributed by atoms with Gasteiger partial charge >= 0.3 is 18.9 Å². The smallest absolute Gasteiger partial charge is 0.412 e. The van der Waals surface area contributed by atoms with Crippen molar-refractivity contribution in [3.05, 3.63) is 0 Å². The van der Waals surface area contributed by atoms with Crippen molar-refractivity contribution < 1.29 is 64.2 Å². The molecule has 0 aliphatic carbocycles. The molecule has 0 amide bonds. The standard InChI is InChI=1S/ClHO4.Li.3H2O/c2-1(3,4)5;;;;/h(H,2,3,4,5);;3*1H2/q;+1;;;/p-1. The van der Waals surface area contributed by atoms with Crippen molar-refractivity contribution in [2.75, 3.05) is 0 Å². The quantitative estimate of drug-likeness (QED) is 0.318. The largest absolute Gasteiger partial charge is 1.00 e. The first kappa shape index (κ1) is 33.5. The molecule has 0 aromatic heterocycles. The van der Waals surface area contributed by atoms with Crippen molar-refractivity contribution in [3.63, 3.8) is 0 Å². The van der Waals surface area contributed by atoms with E-state index in [-0.39, 0.29) is 35.3 Å². The fourth-order valence-electron chi connectivity index (χ4n) is 0. The van der Waals surface area contributed by atoms with Gasteiger partial charge in [0.05, 0.1) is 0 Å². The summed E-state index contributed by atoms with van der Waals surface area (Å²) in [5.74, 6) is 0. The number of hydrogen-bond acceptors (Lipinski definition) is 4. The molecule has 6 N–H and O–H groups in total. The van der Waals surface area contributed by atoms with Crippen LogP contribution in [0.4, 0.5) is 0 Å². The fourth-order valence-corrected chi connectivity index (χ4v) is 0. The van der Waals surface area contributed by atoms with Crippen LogP contribution in [-0.2, 0) is 0 Å². The molecule has 0 unspecified atom stereocenters. The minimum atomic E-state index is -4.94. The third kappa shape index (κ3) is 1020. The van der Waals surface area contributed by atoms with Crippen LogP contribution in [0.25, 0.3) is 0 Å². The van der Waals surface area contributed by atoms with Crippen LogP contribution in [-0.4, -0.2) is 16.4 Å². The van der Waals surface area contributed by atoms with Crippen LogP contribution < -0.4 is 37.5 Å². The van der Waals surface area contributed by atoms with Crippen LogP contribution in [0.5, 0.6) is 0 Å². The summed E-state index contributed by atoms with van der Waals surface area (Å²) in [5.41, 5.74) is 0. The Morgan fingerprint density at radius 3 is 0.667 bits per heavy atom. The molecule has 9 heteroatoms. The molecule has 0 spiro atoms. The topological polar surface area (TPSA) is 187 Å². The first-order valence-electron chi connectivity index (χ1n) is 0.617. The number of rotatable bonds is 0. The van der Waals surface area contributed by atoms with Crippen molar-refractivity contribution in [1.29, 1.82) is 0 Å². The Bertz CT molecular complexity index is 24.4. The average molecular weight is 160 g/mol. The molecular weight excluding hydrogens is 154 g/mol. The van der Waals surface area contributed by atoms with Gasteiger partial charge in [-0.05, 0) is 0 Å². The molecule has 0 aliphatic rings. The Morgan fingerprint density at radius 2 is 0.667 bits per heavy atom. The van der Waals surface area contributed by atoms with E-state index in [0.29, 0.717) is 0 Å². The summed E-state index contributed by atoms with van der Waals surface area (Å²) in [6, 6.07) is 0. The first-order valence-corrected chi connectivity index (χ1v) is 1.85. The van der Waals surface area contributed by atoms with Gasteiger partial charge in [0.1, 0.15) is 0 Å². The summed E-state index contributed by atoms with van der Waals surface area (Å²) < 4.78 is 34.0. The van der Waals surface area contributed by atoms with Crippen molar-refractivity contribution in [2.24, 2.45) is 0 Å². The van der Waals surface area contributed by atoms with Gasteiger partial charge in [-0.2, -0.15) is 0 Å². The van der Waals surface area contributed by atoms with Gasteiger partial charge in [0.15, 0.2) is 0 Å². The fraction of sp³-hybridized carbons (Fsp3) is 0. The summed E-state index contributed by atoms with van der Waals surface area (Å²) in [6.45, 7) is 0. The molecule has 0 atom stereocenters. The second kappa shape index (κ2) is 11.4. The minimum absolute atomic E-state index is 0. The predicted octanol–water partition coefficient (Wildman–Crippen LogP) is -10.2. The summed E-state index contributed by atoms with van der Waals surface area (Å²) in [6.07, 6.45) is 0. The van der Waals surface area contributed by atoms with Crippen LogP contribution in [0.1, 0.15) is 0 Å². The van der Waals surface area contributed by atoms with Gasteiger partial charge in [-0.1, -0.05) is 0 Å². The van der Waals surface area contributed by atoms with E-state index in [1.807, 2.05) is 0 Å². The molecule has 9 heavy (non-hydrogen) atoms. The molecule has 0 radical (unpaired) electrons. The third-order valence-corrected chi connectivity index (χ3v) is 0. The zero-order valence-corrected chi connectivity index (χ0v) is 5.27. The van der Waals surface area contributed by atoms with Crippen molar-refractivity contribution in [3.8, 4) is 0 Å². The normalized spacial score (nSPS) is 6.67. The molecule has 0 rings (SSSR count). The Kier molecular flexibility index (Phi) is 42.5. The molecule has 0 bridgehead atoms. The number of halogens is 1. The number of hydrogen-bond donors (Lipinski definition) is 0. The van der Waals surface area contributed by atoms with E-state index < -0.39 is 10.2 Å². The van der Waals surface area contributed by atoms with Crippen LogP contribution in [0.2, 0.25) is 0 Å². The monoisotopic (exact) mass is 160 g/mol. The van der Waals surface area contributed by atoms with E-state index in [2.05, 4.69) is 0 Å². The summed E-state index contributed by atoms with van der Waals surface area (Å²) in [4.78, 5) is 0. The van der Waals surface area contributed by atoms with E-state index >= 15 is 0 Å². The maximum atomic E-state index is 8.49. The maximum absolute atomic E-state index is 8.49. The zero-order chi connectivity index (χ0) is 4.50. The molecule has 0 aromatic rings. The van der Waals surface area contributed by atoms with Crippen LogP contribution in [0.15, 0.2) is 0 Å². The SMILES string of the molecule is O.O.O.[Li+].[O-][Cl+3]([O-])([O-])[O-]. The van der Waals surface area contributed by atoms with Crippen molar-refractivity contribution in [1.82, 2.24) is 0 Å². The van der Waals surface area contributed by atoms with Crippen LogP contribution in [0.3, 0.4) is 0 Å². The second-order valence-electron chi connectivity index (χ2n) is 0.378. The van der Waals surface area contributed by atoms with Crippen LogP contribution >= 0.6 is 0 Å². The Balaban J connectivity index is -0.0000000133. The molecule has 0 saturated carbocycles. The van der Waals surface area contributed by atoms with Gasteiger partial charge in [-0.3, -0.25) is 0 Å². The molecule has 7 nitrogen and oxygen atoms in total. The summed E-state index contributed by atoms with van der Waals surface area (Å²) >= 11 is 0. The molecular formula is H6ClLiO7. The second-order valence-corrected chi connectivity index (χ2v) is 1.13. The first-order chi connectivity index (χ1) is 2.00. The molecule has 0 aliphatic heterocycles. The molecule has 0 fully saturated rings. The van der Waals surface area contributed by atoms with E-state index in [9.17, 15) is 0 Å². The average Bonchev–Trinajstić information content (AvgIpc) is 0.722. The van der Waals surface area contributed by atoms with E-state index in [1.165, 1.54) is 0 Å². The Hall–Kier alpha value is 0.607. The molecule has 0 aromatic carbocycles. The van der Waals surface area contributed by atoms with Gasteiger partial charge in [-0.25, -0.2) is 18.6 Å². The summed E-state index contributed by atoms with van der Waals surface area (Å²) in [7, 11) is -4.94. The van der Waals surface area contributed by atoms with Gasteiger partial charge in [0, 0.05) is 0 Å². The van der Waals surface area contributed by atoms with Crippen molar-refractivity contribution in [2.45, 2.75) is 0 Å². The van der Waals surface area contributed by atoms with Gasteiger partial charge in [0.2, 0.25) is 0 Å².